The van der Waals surface area contributed by atoms with Crippen LogP contribution in [0.15, 0.2) is 48.5 Å². The molecule has 0 unspecified atom stereocenters. The first-order valence-corrected chi connectivity index (χ1v) is 9.65. The molecule has 3 amide bonds. The molecule has 0 spiro atoms. The maximum absolute atomic E-state index is 13.2. The van der Waals surface area contributed by atoms with Crippen LogP contribution in [0.2, 0.25) is 0 Å². The standard InChI is InChI=1S/C22H27N3O4/c1-28-16-10-11-17(20(13-16)29-2)19-9-6-12-25(19)21(26)14-18(24-22(23)27)15-7-4-3-5-8-15/h3-5,7-8,10-11,13,18-19H,6,9,12,14H2,1-2H3,(H3,23,24,27)/t18-,19+/m0/s1. The fourth-order valence-electron chi connectivity index (χ4n) is 3.88. The number of rotatable bonds is 7. The highest BCUT2D eigenvalue weighted by Crippen LogP contribution is 2.39. The van der Waals surface area contributed by atoms with Crippen LogP contribution in [0.25, 0.3) is 0 Å². The van der Waals surface area contributed by atoms with Crippen LogP contribution in [0.3, 0.4) is 0 Å². The number of carbonyl (C=O) groups is 2. The topological polar surface area (TPSA) is 93.9 Å². The van der Waals surface area contributed by atoms with E-state index in [0.29, 0.717) is 18.0 Å². The minimum Gasteiger partial charge on any atom is -0.497 e. The van der Waals surface area contributed by atoms with Crippen LogP contribution in [-0.2, 0) is 4.79 Å². The number of nitrogens with two attached hydrogens (primary N) is 1. The number of likely N-dealkylation sites (tertiary alicyclic amines) is 1. The van der Waals surface area contributed by atoms with Crippen LogP contribution < -0.4 is 20.5 Å². The zero-order valence-corrected chi connectivity index (χ0v) is 16.8. The van der Waals surface area contributed by atoms with E-state index in [2.05, 4.69) is 5.32 Å². The average Bonchev–Trinajstić information content (AvgIpc) is 3.22. The number of ether oxygens (including phenoxy) is 2. The van der Waals surface area contributed by atoms with Crippen LogP contribution in [0.5, 0.6) is 11.5 Å². The average molecular weight is 397 g/mol. The highest BCUT2D eigenvalue weighted by Gasteiger charge is 2.33. The third kappa shape index (κ3) is 4.80. The van der Waals surface area contributed by atoms with Gasteiger partial charge in [-0.05, 0) is 30.5 Å². The number of carbonyl (C=O) groups excluding carboxylic acids is 2. The van der Waals surface area contributed by atoms with Crippen molar-refractivity contribution < 1.29 is 19.1 Å². The summed E-state index contributed by atoms with van der Waals surface area (Å²) in [7, 11) is 3.22. The van der Waals surface area contributed by atoms with Crippen molar-refractivity contribution >= 4 is 11.9 Å². The Morgan fingerprint density at radius 1 is 1.17 bits per heavy atom. The lowest BCUT2D eigenvalue weighted by Gasteiger charge is -2.28. The number of nitrogens with one attached hydrogen (secondary N) is 1. The lowest BCUT2D eigenvalue weighted by molar-refractivity contribution is -0.132. The van der Waals surface area contributed by atoms with Gasteiger partial charge in [0.2, 0.25) is 5.91 Å². The number of hydrogen-bond acceptors (Lipinski definition) is 4. The number of urea groups is 1. The van der Waals surface area contributed by atoms with Crippen molar-refractivity contribution in [3.63, 3.8) is 0 Å². The molecule has 1 saturated heterocycles. The number of methoxy groups -OCH3 is 2. The van der Waals surface area contributed by atoms with Crippen molar-refractivity contribution in [2.75, 3.05) is 20.8 Å². The first-order valence-electron chi connectivity index (χ1n) is 9.65. The third-order valence-electron chi connectivity index (χ3n) is 5.27. The quantitative estimate of drug-likeness (QED) is 0.750. The van der Waals surface area contributed by atoms with E-state index in [-0.39, 0.29) is 18.4 Å². The Balaban J connectivity index is 1.81. The number of hydrogen-bond donors (Lipinski definition) is 2. The molecule has 1 aliphatic heterocycles. The Morgan fingerprint density at radius 2 is 1.93 bits per heavy atom. The summed E-state index contributed by atoms with van der Waals surface area (Å²) in [4.78, 5) is 26.5. The van der Waals surface area contributed by atoms with E-state index in [0.717, 1.165) is 24.0 Å². The Kier molecular flexibility index (Phi) is 6.59. The van der Waals surface area contributed by atoms with Crippen molar-refractivity contribution in [1.82, 2.24) is 10.2 Å². The molecule has 3 N–H and O–H groups in total. The number of primary amides is 1. The van der Waals surface area contributed by atoms with Gasteiger partial charge in [-0.1, -0.05) is 30.3 Å². The predicted octanol–water partition coefficient (Wildman–Crippen LogP) is 3.17. The van der Waals surface area contributed by atoms with Crippen molar-refractivity contribution in [3.8, 4) is 11.5 Å². The van der Waals surface area contributed by atoms with Crippen LogP contribution in [-0.4, -0.2) is 37.6 Å². The summed E-state index contributed by atoms with van der Waals surface area (Å²) in [6, 6.07) is 13.8. The Labute approximate surface area is 170 Å². The summed E-state index contributed by atoms with van der Waals surface area (Å²) >= 11 is 0. The van der Waals surface area contributed by atoms with Gasteiger partial charge in [-0.2, -0.15) is 0 Å². The molecular weight excluding hydrogens is 370 g/mol. The number of nitrogens with zero attached hydrogens (tertiary/aromatic N) is 1. The molecule has 29 heavy (non-hydrogen) atoms. The maximum Gasteiger partial charge on any atom is 0.312 e. The highest BCUT2D eigenvalue weighted by molar-refractivity contribution is 5.79. The second-order valence-electron chi connectivity index (χ2n) is 7.03. The van der Waals surface area contributed by atoms with E-state index in [1.165, 1.54) is 0 Å². The molecule has 0 saturated carbocycles. The zero-order chi connectivity index (χ0) is 20.8. The maximum atomic E-state index is 13.2. The molecule has 0 aromatic heterocycles. The number of benzene rings is 2. The largest absolute Gasteiger partial charge is 0.497 e. The fourth-order valence-corrected chi connectivity index (χ4v) is 3.88. The molecule has 2 atom stereocenters. The summed E-state index contributed by atoms with van der Waals surface area (Å²) in [6.07, 6.45) is 1.90. The lowest BCUT2D eigenvalue weighted by Crippen LogP contribution is -2.38. The molecule has 1 aliphatic rings. The van der Waals surface area contributed by atoms with E-state index >= 15 is 0 Å². The minimum atomic E-state index is -0.651. The van der Waals surface area contributed by atoms with Gasteiger partial charge in [-0.25, -0.2) is 4.79 Å². The molecule has 0 radical (unpaired) electrons. The molecule has 1 heterocycles. The van der Waals surface area contributed by atoms with Gasteiger partial charge in [-0.3, -0.25) is 4.79 Å². The molecule has 3 rings (SSSR count). The van der Waals surface area contributed by atoms with E-state index in [4.69, 9.17) is 15.2 Å². The first kappa shape index (κ1) is 20.5. The fraction of sp³-hybridized carbons (Fsp3) is 0.364. The Hall–Kier alpha value is -3.22. The minimum absolute atomic E-state index is 0.0343. The van der Waals surface area contributed by atoms with Crippen LogP contribution in [0, 0.1) is 0 Å². The van der Waals surface area contributed by atoms with Gasteiger partial charge in [0.25, 0.3) is 0 Å². The highest BCUT2D eigenvalue weighted by atomic mass is 16.5. The summed E-state index contributed by atoms with van der Waals surface area (Å²) in [5.74, 6) is 1.37. The van der Waals surface area contributed by atoms with Crippen LogP contribution in [0.1, 0.15) is 42.5 Å². The van der Waals surface area contributed by atoms with Gasteiger partial charge in [0, 0.05) is 18.2 Å². The van der Waals surface area contributed by atoms with Gasteiger partial charge in [-0.15, -0.1) is 0 Å². The van der Waals surface area contributed by atoms with Gasteiger partial charge < -0.3 is 25.4 Å². The SMILES string of the molecule is COc1ccc([C@H]2CCCN2C(=O)C[C@H](NC(N)=O)c2ccccc2)c(OC)c1. The van der Waals surface area contributed by atoms with Crippen LogP contribution in [0.4, 0.5) is 4.79 Å². The third-order valence-corrected chi connectivity index (χ3v) is 5.27. The van der Waals surface area contributed by atoms with Crippen molar-refractivity contribution in [2.24, 2.45) is 5.73 Å². The van der Waals surface area contributed by atoms with Gasteiger partial charge in [0.1, 0.15) is 11.5 Å². The Bertz CT molecular complexity index is 856. The van der Waals surface area contributed by atoms with Crippen LogP contribution >= 0.6 is 0 Å². The predicted molar refractivity (Wildman–Crippen MR) is 110 cm³/mol. The Morgan fingerprint density at radius 3 is 2.59 bits per heavy atom. The van der Waals surface area contributed by atoms with E-state index in [1.807, 2.05) is 53.4 Å². The lowest BCUT2D eigenvalue weighted by atomic mass is 10.0. The first-order chi connectivity index (χ1) is 14.0. The molecule has 2 aromatic rings. The zero-order valence-electron chi connectivity index (χ0n) is 16.8. The normalized spacial score (nSPS) is 16.9. The molecular formula is C22H27N3O4. The summed E-state index contributed by atoms with van der Waals surface area (Å²) in [5.41, 5.74) is 7.14. The molecule has 1 fully saturated rings. The van der Waals surface area contributed by atoms with Crippen molar-refractivity contribution in [1.29, 1.82) is 0 Å². The van der Waals surface area contributed by atoms with E-state index < -0.39 is 12.1 Å². The second-order valence-corrected chi connectivity index (χ2v) is 7.03. The molecule has 0 bridgehead atoms. The summed E-state index contributed by atoms with van der Waals surface area (Å²) < 4.78 is 10.8. The number of amides is 3. The monoisotopic (exact) mass is 397 g/mol. The van der Waals surface area contributed by atoms with Gasteiger partial charge >= 0.3 is 6.03 Å². The molecule has 7 heteroatoms. The second kappa shape index (κ2) is 9.32. The van der Waals surface area contributed by atoms with Gasteiger partial charge in [0.15, 0.2) is 0 Å². The van der Waals surface area contributed by atoms with Crippen molar-refractivity contribution in [3.05, 3.63) is 59.7 Å². The van der Waals surface area contributed by atoms with E-state index in [1.54, 1.807) is 14.2 Å². The molecule has 154 valence electrons. The molecule has 0 aliphatic carbocycles. The van der Waals surface area contributed by atoms with Gasteiger partial charge in [0.05, 0.1) is 32.7 Å². The summed E-state index contributed by atoms with van der Waals surface area (Å²) in [6.45, 7) is 0.663. The molecule has 2 aromatic carbocycles. The van der Waals surface area contributed by atoms with Crippen molar-refractivity contribution in [2.45, 2.75) is 31.3 Å². The van der Waals surface area contributed by atoms with E-state index in [9.17, 15) is 9.59 Å². The summed E-state index contributed by atoms with van der Waals surface area (Å²) in [5, 5.41) is 2.69. The smallest absolute Gasteiger partial charge is 0.312 e. The molecule has 7 nitrogen and oxygen atoms in total.